The quantitative estimate of drug-likeness (QED) is 0.838. The zero-order chi connectivity index (χ0) is 20.1. The third kappa shape index (κ3) is 5.55. The van der Waals surface area contributed by atoms with Gasteiger partial charge in [-0.1, -0.05) is 31.2 Å². The number of piperidine rings is 1. The lowest BCUT2D eigenvalue weighted by atomic mass is 9.90. The second-order valence-corrected chi connectivity index (χ2v) is 8.51. The average Bonchev–Trinajstić information content (AvgIpc) is 2.89. The molecule has 2 aliphatic heterocycles. The maximum Gasteiger partial charge on any atom is 0.307 e. The van der Waals surface area contributed by atoms with Gasteiger partial charge in [0.1, 0.15) is 0 Å². The zero-order valence-electron chi connectivity index (χ0n) is 17.1. The van der Waals surface area contributed by atoms with Crippen molar-refractivity contribution in [1.29, 1.82) is 0 Å². The van der Waals surface area contributed by atoms with E-state index in [0.29, 0.717) is 25.4 Å². The Morgan fingerprint density at radius 1 is 1.07 bits per heavy atom. The van der Waals surface area contributed by atoms with Crippen LogP contribution in [0.5, 0.6) is 0 Å². The first-order valence-electron chi connectivity index (χ1n) is 10.4. The van der Waals surface area contributed by atoms with Gasteiger partial charge in [-0.3, -0.25) is 19.4 Å². The fourth-order valence-electron chi connectivity index (χ4n) is 4.47. The minimum atomic E-state index is -0.745. The number of carbonyl (C=O) groups excluding carboxylic acids is 1. The molecule has 3 rings (SSSR count). The van der Waals surface area contributed by atoms with E-state index in [4.69, 9.17) is 0 Å². The molecule has 1 aromatic carbocycles. The molecular formula is C22H33N3O3. The SMILES string of the molecule is Cc1ccccc1CN1CCCN(C(=O)CN2CC(C)CC(C(=O)O)C2)CC1. The summed E-state index contributed by atoms with van der Waals surface area (Å²) in [5.41, 5.74) is 2.66. The van der Waals surface area contributed by atoms with Crippen molar-refractivity contribution in [1.82, 2.24) is 14.7 Å². The number of aliphatic carboxylic acids is 1. The zero-order valence-corrected chi connectivity index (χ0v) is 17.1. The van der Waals surface area contributed by atoms with E-state index >= 15 is 0 Å². The van der Waals surface area contributed by atoms with Gasteiger partial charge in [-0.05, 0) is 36.8 Å². The number of aryl methyl sites for hydroxylation is 1. The molecule has 0 aromatic heterocycles. The first-order valence-corrected chi connectivity index (χ1v) is 10.4. The van der Waals surface area contributed by atoms with Gasteiger partial charge < -0.3 is 10.0 Å². The predicted molar refractivity (Wildman–Crippen MR) is 109 cm³/mol. The van der Waals surface area contributed by atoms with Crippen LogP contribution in [0.2, 0.25) is 0 Å². The molecule has 2 fully saturated rings. The second-order valence-electron chi connectivity index (χ2n) is 8.51. The Kier molecular flexibility index (Phi) is 7.08. The highest BCUT2D eigenvalue weighted by Crippen LogP contribution is 2.22. The Morgan fingerprint density at radius 2 is 1.86 bits per heavy atom. The van der Waals surface area contributed by atoms with Crippen LogP contribution in [0.25, 0.3) is 0 Å². The number of likely N-dealkylation sites (tertiary alicyclic amines) is 1. The summed E-state index contributed by atoms with van der Waals surface area (Å²) in [7, 11) is 0. The molecule has 6 heteroatoms. The van der Waals surface area contributed by atoms with Gasteiger partial charge in [0, 0.05) is 45.8 Å². The summed E-state index contributed by atoms with van der Waals surface area (Å²) in [5, 5.41) is 9.34. The molecule has 2 unspecified atom stereocenters. The molecule has 2 saturated heterocycles. The molecule has 1 amide bonds. The van der Waals surface area contributed by atoms with Crippen LogP contribution in [0.3, 0.4) is 0 Å². The Labute approximate surface area is 168 Å². The van der Waals surface area contributed by atoms with Crippen molar-refractivity contribution in [2.75, 3.05) is 45.8 Å². The van der Waals surface area contributed by atoms with Crippen LogP contribution in [0, 0.1) is 18.8 Å². The normalized spacial score (nSPS) is 24.7. The van der Waals surface area contributed by atoms with Gasteiger partial charge in [0.2, 0.25) is 5.91 Å². The number of rotatable bonds is 5. The van der Waals surface area contributed by atoms with Crippen LogP contribution in [-0.2, 0) is 16.1 Å². The maximum atomic E-state index is 12.8. The number of carboxylic acid groups (broad SMARTS) is 1. The molecule has 2 atom stereocenters. The van der Waals surface area contributed by atoms with Gasteiger partial charge in [0.25, 0.3) is 0 Å². The van der Waals surface area contributed by atoms with Crippen molar-refractivity contribution in [3.8, 4) is 0 Å². The third-order valence-corrected chi connectivity index (χ3v) is 6.04. The number of carbonyl (C=O) groups is 2. The monoisotopic (exact) mass is 387 g/mol. The number of hydrogen-bond acceptors (Lipinski definition) is 4. The molecule has 0 saturated carbocycles. The summed E-state index contributed by atoms with van der Waals surface area (Å²) in [6.07, 6.45) is 1.68. The van der Waals surface area contributed by atoms with Crippen molar-refractivity contribution < 1.29 is 14.7 Å². The number of benzene rings is 1. The molecule has 154 valence electrons. The van der Waals surface area contributed by atoms with E-state index in [1.165, 1.54) is 11.1 Å². The molecule has 1 aromatic rings. The van der Waals surface area contributed by atoms with Crippen molar-refractivity contribution in [3.63, 3.8) is 0 Å². The van der Waals surface area contributed by atoms with Crippen LogP contribution < -0.4 is 0 Å². The molecule has 0 spiro atoms. The molecule has 0 aliphatic carbocycles. The van der Waals surface area contributed by atoms with Crippen molar-refractivity contribution in [2.45, 2.75) is 33.2 Å². The molecular weight excluding hydrogens is 354 g/mol. The standard InChI is InChI=1S/C22H33N3O3/c1-17-12-20(22(27)28)15-24(13-17)16-21(26)25-9-5-8-23(10-11-25)14-19-7-4-3-6-18(19)2/h3-4,6-7,17,20H,5,8-16H2,1-2H3,(H,27,28). The van der Waals surface area contributed by atoms with Crippen molar-refractivity contribution in [3.05, 3.63) is 35.4 Å². The fraction of sp³-hybridized carbons (Fsp3) is 0.636. The Hall–Kier alpha value is -1.92. The Bertz CT molecular complexity index is 693. The van der Waals surface area contributed by atoms with Crippen molar-refractivity contribution in [2.24, 2.45) is 11.8 Å². The molecule has 0 radical (unpaired) electrons. The minimum Gasteiger partial charge on any atom is -0.481 e. The van der Waals surface area contributed by atoms with Crippen LogP contribution >= 0.6 is 0 Å². The first kappa shape index (κ1) is 20.8. The van der Waals surface area contributed by atoms with E-state index in [2.05, 4.69) is 43.0 Å². The Morgan fingerprint density at radius 3 is 2.61 bits per heavy atom. The lowest BCUT2D eigenvalue weighted by Crippen LogP contribution is -2.48. The van der Waals surface area contributed by atoms with E-state index in [1.807, 2.05) is 9.80 Å². The maximum absolute atomic E-state index is 12.8. The number of nitrogens with zero attached hydrogens (tertiary/aromatic N) is 3. The van der Waals surface area contributed by atoms with Gasteiger partial charge in [-0.2, -0.15) is 0 Å². The molecule has 1 N–H and O–H groups in total. The summed E-state index contributed by atoms with van der Waals surface area (Å²) in [4.78, 5) is 30.6. The smallest absolute Gasteiger partial charge is 0.307 e. The highest BCUT2D eigenvalue weighted by molar-refractivity contribution is 5.78. The fourth-order valence-corrected chi connectivity index (χ4v) is 4.47. The molecule has 6 nitrogen and oxygen atoms in total. The van der Waals surface area contributed by atoms with E-state index in [1.54, 1.807) is 0 Å². The number of carboxylic acids is 1. The van der Waals surface area contributed by atoms with Crippen LogP contribution in [-0.4, -0.2) is 77.5 Å². The highest BCUT2D eigenvalue weighted by Gasteiger charge is 2.31. The van der Waals surface area contributed by atoms with Crippen LogP contribution in [0.4, 0.5) is 0 Å². The highest BCUT2D eigenvalue weighted by atomic mass is 16.4. The third-order valence-electron chi connectivity index (χ3n) is 6.04. The van der Waals surface area contributed by atoms with Crippen molar-refractivity contribution >= 4 is 11.9 Å². The molecule has 2 aliphatic rings. The largest absolute Gasteiger partial charge is 0.481 e. The Balaban J connectivity index is 1.51. The summed E-state index contributed by atoms with van der Waals surface area (Å²) in [6.45, 7) is 10.2. The van der Waals surface area contributed by atoms with E-state index in [9.17, 15) is 14.7 Å². The van der Waals surface area contributed by atoms with Gasteiger partial charge >= 0.3 is 5.97 Å². The minimum absolute atomic E-state index is 0.135. The van der Waals surface area contributed by atoms with Gasteiger partial charge in [0.05, 0.1) is 12.5 Å². The van der Waals surface area contributed by atoms with E-state index in [0.717, 1.165) is 45.7 Å². The summed E-state index contributed by atoms with van der Waals surface area (Å²) < 4.78 is 0. The van der Waals surface area contributed by atoms with E-state index in [-0.39, 0.29) is 11.8 Å². The topological polar surface area (TPSA) is 64.1 Å². The van der Waals surface area contributed by atoms with Gasteiger partial charge in [0.15, 0.2) is 0 Å². The number of hydrogen-bond donors (Lipinski definition) is 1. The number of amides is 1. The molecule has 28 heavy (non-hydrogen) atoms. The lowest BCUT2D eigenvalue weighted by Gasteiger charge is -2.35. The van der Waals surface area contributed by atoms with Gasteiger partial charge in [-0.25, -0.2) is 0 Å². The summed E-state index contributed by atoms with van der Waals surface area (Å²) in [6, 6.07) is 8.48. The average molecular weight is 388 g/mol. The first-order chi connectivity index (χ1) is 13.4. The summed E-state index contributed by atoms with van der Waals surface area (Å²) >= 11 is 0. The van der Waals surface area contributed by atoms with Gasteiger partial charge in [-0.15, -0.1) is 0 Å². The summed E-state index contributed by atoms with van der Waals surface area (Å²) in [5.74, 6) is -0.650. The van der Waals surface area contributed by atoms with E-state index < -0.39 is 5.97 Å². The molecule has 2 heterocycles. The second kappa shape index (κ2) is 9.52. The predicted octanol–water partition coefficient (Wildman–Crippen LogP) is 2.07. The molecule has 0 bridgehead atoms. The van der Waals surface area contributed by atoms with Crippen LogP contribution in [0.1, 0.15) is 30.9 Å². The van der Waals surface area contributed by atoms with Crippen LogP contribution in [0.15, 0.2) is 24.3 Å². The lowest BCUT2D eigenvalue weighted by molar-refractivity contribution is -0.145.